The number of rotatable bonds is 6. The molecule has 164 valence electrons. The first kappa shape index (κ1) is 21.0. The number of nitrogens with zero attached hydrogens (tertiary/aromatic N) is 3. The van der Waals surface area contributed by atoms with E-state index in [9.17, 15) is 23.6 Å². The Morgan fingerprint density at radius 1 is 1.12 bits per heavy atom. The van der Waals surface area contributed by atoms with E-state index in [4.69, 9.17) is 4.42 Å². The van der Waals surface area contributed by atoms with E-state index < -0.39 is 41.5 Å². The van der Waals surface area contributed by atoms with Gasteiger partial charge in [0.25, 0.3) is 11.8 Å². The highest BCUT2D eigenvalue weighted by atomic mass is 19.1. The minimum absolute atomic E-state index is 0.105. The van der Waals surface area contributed by atoms with Gasteiger partial charge >= 0.3 is 11.8 Å². The van der Waals surface area contributed by atoms with Crippen molar-refractivity contribution >= 4 is 17.8 Å². The lowest BCUT2D eigenvalue weighted by Gasteiger charge is -2.25. The van der Waals surface area contributed by atoms with E-state index in [1.54, 1.807) is 37.3 Å². The van der Waals surface area contributed by atoms with Crippen LogP contribution < -0.4 is 16.5 Å². The molecule has 11 heteroatoms. The molecule has 4 amide bonds. The first-order valence-electron chi connectivity index (χ1n) is 9.69. The van der Waals surface area contributed by atoms with Gasteiger partial charge in [-0.3, -0.25) is 15.0 Å². The Morgan fingerprint density at radius 3 is 2.47 bits per heavy atom. The lowest BCUT2D eigenvalue weighted by molar-refractivity contribution is -0.139. The summed E-state index contributed by atoms with van der Waals surface area (Å²) in [4.78, 5) is 50.0. The first-order chi connectivity index (χ1) is 15.3. The van der Waals surface area contributed by atoms with Crippen molar-refractivity contribution in [2.75, 3.05) is 0 Å². The molecule has 0 bridgehead atoms. The van der Waals surface area contributed by atoms with E-state index >= 15 is 0 Å². The number of halogens is 1. The van der Waals surface area contributed by atoms with Gasteiger partial charge in [-0.2, -0.15) is 9.69 Å². The lowest BCUT2D eigenvalue weighted by Crippen LogP contribution is -2.49. The molecule has 0 radical (unpaired) electrons. The summed E-state index contributed by atoms with van der Waals surface area (Å²) in [6, 6.07) is 13.0. The number of nitrogens with one attached hydrogen (secondary N) is 2. The lowest BCUT2D eigenvalue weighted by atomic mass is 9.87. The molecule has 2 heterocycles. The summed E-state index contributed by atoms with van der Waals surface area (Å²) < 4.78 is 18.8. The van der Waals surface area contributed by atoms with Crippen LogP contribution in [0.2, 0.25) is 0 Å². The van der Waals surface area contributed by atoms with Crippen LogP contribution in [0.5, 0.6) is 0 Å². The second kappa shape index (κ2) is 8.10. The third-order valence-corrected chi connectivity index (χ3v) is 5.12. The van der Waals surface area contributed by atoms with Gasteiger partial charge in [-0.05, 0) is 36.2 Å². The number of aromatic nitrogens is 2. The van der Waals surface area contributed by atoms with Crippen LogP contribution in [0, 0.1) is 5.82 Å². The van der Waals surface area contributed by atoms with Crippen molar-refractivity contribution in [3.63, 3.8) is 0 Å². The predicted molar refractivity (Wildman–Crippen MR) is 108 cm³/mol. The van der Waals surface area contributed by atoms with Gasteiger partial charge in [-0.25, -0.2) is 14.0 Å². The van der Waals surface area contributed by atoms with Crippen molar-refractivity contribution < 1.29 is 23.2 Å². The van der Waals surface area contributed by atoms with E-state index in [1.807, 2.05) is 0 Å². The zero-order valence-corrected chi connectivity index (χ0v) is 16.9. The first-order valence-corrected chi connectivity index (χ1v) is 9.69. The van der Waals surface area contributed by atoms with E-state index in [0.29, 0.717) is 16.1 Å². The van der Waals surface area contributed by atoms with Crippen LogP contribution in [-0.2, 0) is 21.7 Å². The number of urea groups is 1. The molecular formula is C21H18FN5O5. The maximum absolute atomic E-state index is 13.1. The van der Waals surface area contributed by atoms with Gasteiger partial charge in [0, 0.05) is 5.56 Å². The molecule has 3 aromatic rings. The summed E-state index contributed by atoms with van der Waals surface area (Å²) in [5.74, 6) is -2.99. The monoisotopic (exact) mass is 439 g/mol. The Hall–Kier alpha value is -4.28. The molecule has 1 fully saturated rings. The van der Waals surface area contributed by atoms with Crippen LogP contribution in [0.15, 0.2) is 63.8 Å². The van der Waals surface area contributed by atoms with E-state index in [1.165, 1.54) is 24.3 Å². The quantitative estimate of drug-likeness (QED) is 0.561. The van der Waals surface area contributed by atoms with E-state index in [2.05, 4.69) is 15.8 Å². The van der Waals surface area contributed by atoms with Gasteiger partial charge in [-0.1, -0.05) is 37.3 Å². The van der Waals surface area contributed by atoms with Gasteiger partial charge < -0.3 is 9.73 Å². The highest BCUT2D eigenvalue weighted by molar-refractivity contribution is 6.08. The molecule has 2 N–H and O–H groups in total. The van der Waals surface area contributed by atoms with Gasteiger partial charge in [-0.15, -0.1) is 5.10 Å². The van der Waals surface area contributed by atoms with Gasteiger partial charge in [0.1, 0.15) is 17.9 Å². The zero-order valence-electron chi connectivity index (χ0n) is 16.9. The van der Waals surface area contributed by atoms with Gasteiger partial charge in [0.2, 0.25) is 5.89 Å². The number of imide groups is 1. The van der Waals surface area contributed by atoms with Crippen LogP contribution in [0.1, 0.15) is 18.9 Å². The van der Waals surface area contributed by atoms with Crippen molar-refractivity contribution in [2.45, 2.75) is 25.4 Å². The SMILES string of the molecule is CCC1(c2ccccc2)NC(=O)N(NC(=O)Cn2nc(-c3ccc(F)cc3)oc2=O)C1=O. The Morgan fingerprint density at radius 2 is 1.81 bits per heavy atom. The summed E-state index contributed by atoms with van der Waals surface area (Å²) in [5.41, 5.74) is 1.82. The average Bonchev–Trinajstić information content (AvgIpc) is 3.27. The maximum atomic E-state index is 13.1. The maximum Gasteiger partial charge on any atom is 0.437 e. The molecule has 2 aromatic carbocycles. The average molecular weight is 439 g/mol. The van der Waals surface area contributed by atoms with Crippen molar-refractivity contribution in [1.29, 1.82) is 0 Å². The summed E-state index contributed by atoms with van der Waals surface area (Å²) in [6.07, 6.45) is 0.262. The standard InChI is InChI=1S/C21H18FN5O5/c1-2-21(14-6-4-3-5-7-14)18(29)27(19(30)23-21)24-16(28)12-26-20(31)32-17(25-26)13-8-10-15(22)11-9-13/h3-11H,2,12H2,1H3,(H,23,30)(H,24,28). The highest BCUT2D eigenvalue weighted by Crippen LogP contribution is 2.31. The van der Waals surface area contributed by atoms with E-state index in [0.717, 1.165) is 4.68 Å². The third kappa shape index (κ3) is 3.64. The summed E-state index contributed by atoms with van der Waals surface area (Å²) in [6.45, 7) is 1.13. The molecule has 1 aliphatic heterocycles. The second-order valence-electron chi connectivity index (χ2n) is 7.07. The largest absolute Gasteiger partial charge is 0.437 e. The molecule has 4 rings (SSSR count). The molecule has 0 spiro atoms. The number of carbonyl (C=O) groups excluding carboxylic acids is 3. The topological polar surface area (TPSA) is 127 Å². The summed E-state index contributed by atoms with van der Waals surface area (Å²) >= 11 is 0. The van der Waals surface area contributed by atoms with Crippen molar-refractivity contribution in [3.05, 3.63) is 76.5 Å². The van der Waals surface area contributed by atoms with Crippen molar-refractivity contribution in [3.8, 4) is 11.5 Å². The van der Waals surface area contributed by atoms with Gasteiger partial charge in [0.05, 0.1) is 0 Å². The van der Waals surface area contributed by atoms with Crippen LogP contribution in [0.4, 0.5) is 9.18 Å². The van der Waals surface area contributed by atoms with Crippen molar-refractivity contribution in [1.82, 2.24) is 25.5 Å². The Labute approximate surface area is 180 Å². The molecule has 1 aromatic heterocycles. The molecular weight excluding hydrogens is 421 g/mol. The Bertz CT molecular complexity index is 1240. The normalized spacial score (nSPS) is 18.0. The molecule has 1 atom stereocenters. The Balaban J connectivity index is 1.50. The minimum atomic E-state index is -1.31. The fraction of sp³-hybridized carbons (Fsp3) is 0.190. The number of hydrazine groups is 1. The molecule has 1 saturated heterocycles. The molecule has 0 saturated carbocycles. The second-order valence-corrected chi connectivity index (χ2v) is 7.07. The number of benzene rings is 2. The summed E-state index contributed by atoms with van der Waals surface area (Å²) in [7, 11) is 0. The Kier molecular flexibility index (Phi) is 5.31. The highest BCUT2D eigenvalue weighted by Gasteiger charge is 2.52. The molecule has 0 aliphatic carbocycles. The number of hydrogen-bond donors (Lipinski definition) is 2. The van der Waals surface area contributed by atoms with E-state index in [-0.39, 0.29) is 12.3 Å². The van der Waals surface area contributed by atoms with Crippen LogP contribution in [0.25, 0.3) is 11.5 Å². The number of amides is 4. The van der Waals surface area contributed by atoms with Crippen LogP contribution in [0.3, 0.4) is 0 Å². The predicted octanol–water partition coefficient (Wildman–Crippen LogP) is 1.53. The molecule has 1 aliphatic rings. The van der Waals surface area contributed by atoms with Crippen LogP contribution in [-0.4, -0.2) is 32.6 Å². The molecule has 1 unspecified atom stereocenters. The van der Waals surface area contributed by atoms with Gasteiger partial charge in [0.15, 0.2) is 0 Å². The fourth-order valence-corrected chi connectivity index (χ4v) is 3.45. The smallest absolute Gasteiger partial charge is 0.388 e. The third-order valence-electron chi connectivity index (χ3n) is 5.12. The number of hydrogen-bond acceptors (Lipinski definition) is 6. The molecule has 32 heavy (non-hydrogen) atoms. The number of carbonyl (C=O) groups is 3. The summed E-state index contributed by atoms with van der Waals surface area (Å²) in [5, 5.41) is 7.13. The molecule has 10 nitrogen and oxygen atoms in total. The van der Waals surface area contributed by atoms with Crippen molar-refractivity contribution in [2.24, 2.45) is 0 Å². The fourth-order valence-electron chi connectivity index (χ4n) is 3.45. The van der Waals surface area contributed by atoms with Crippen LogP contribution >= 0.6 is 0 Å². The zero-order chi connectivity index (χ0) is 22.9. The minimum Gasteiger partial charge on any atom is -0.388 e.